The third-order valence-electron chi connectivity index (χ3n) is 4.38. The number of fused-ring (bicyclic) bond motifs is 1. The smallest absolute Gasteiger partial charge is 0.134 e. The number of furan rings is 1. The molecular formula is C19H29NO. The monoisotopic (exact) mass is 287 g/mol. The molecule has 0 fully saturated rings. The Morgan fingerprint density at radius 3 is 2.67 bits per heavy atom. The van der Waals surface area contributed by atoms with Crippen molar-refractivity contribution < 1.29 is 4.42 Å². The Kier molecular flexibility index (Phi) is 6.31. The highest BCUT2D eigenvalue weighted by Crippen LogP contribution is 2.26. The Balaban J connectivity index is 1.99. The molecule has 1 unspecified atom stereocenters. The standard InChI is InChI=1S/C19H29NO/c1-4-7-10-15(5-2)13-20-14-17-16-11-8-9-12-19(16)21-18(17)6-3/h8-9,11-12,15,20H,4-7,10,13-14H2,1-3H3. The lowest BCUT2D eigenvalue weighted by atomic mass is 9.99. The minimum Gasteiger partial charge on any atom is -0.461 e. The molecule has 1 aromatic carbocycles. The fraction of sp³-hybridized carbons (Fsp3) is 0.579. The fourth-order valence-corrected chi connectivity index (χ4v) is 2.97. The SMILES string of the molecule is CCCCC(CC)CNCc1c(CC)oc2ccccc12. The van der Waals surface area contributed by atoms with Crippen LogP contribution in [0.3, 0.4) is 0 Å². The maximum Gasteiger partial charge on any atom is 0.134 e. The maximum atomic E-state index is 5.96. The normalized spacial score (nSPS) is 12.9. The maximum absolute atomic E-state index is 5.96. The number of hydrogen-bond donors (Lipinski definition) is 1. The average Bonchev–Trinajstić information content (AvgIpc) is 2.88. The van der Waals surface area contributed by atoms with Gasteiger partial charge in [0.1, 0.15) is 11.3 Å². The number of aryl methyl sites for hydroxylation is 1. The molecule has 0 aliphatic rings. The van der Waals surface area contributed by atoms with Crippen LogP contribution in [0, 0.1) is 5.92 Å². The zero-order valence-corrected chi connectivity index (χ0v) is 13.7. The zero-order valence-electron chi connectivity index (χ0n) is 13.7. The molecule has 2 aromatic rings. The van der Waals surface area contributed by atoms with Crippen LogP contribution in [-0.2, 0) is 13.0 Å². The topological polar surface area (TPSA) is 25.2 Å². The van der Waals surface area contributed by atoms with Crippen molar-refractivity contribution in [2.45, 2.75) is 59.4 Å². The second-order valence-electron chi connectivity index (χ2n) is 5.90. The minimum absolute atomic E-state index is 0.799. The molecule has 1 atom stereocenters. The van der Waals surface area contributed by atoms with E-state index in [0.29, 0.717) is 0 Å². The number of hydrogen-bond acceptors (Lipinski definition) is 2. The summed E-state index contributed by atoms with van der Waals surface area (Å²) in [5, 5.41) is 4.92. The van der Waals surface area contributed by atoms with E-state index in [1.807, 2.05) is 6.07 Å². The number of nitrogens with one attached hydrogen (secondary N) is 1. The fourth-order valence-electron chi connectivity index (χ4n) is 2.97. The summed E-state index contributed by atoms with van der Waals surface area (Å²) < 4.78 is 5.96. The van der Waals surface area contributed by atoms with Crippen LogP contribution in [0.5, 0.6) is 0 Å². The third-order valence-corrected chi connectivity index (χ3v) is 4.38. The van der Waals surface area contributed by atoms with Gasteiger partial charge in [-0.3, -0.25) is 0 Å². The van der Waals surface area contributed by atoms with E-state index in [0.717, 1.165) is 36.8 Å². The number of para-hydroxylation sites is 1. The van der Waals surface area contributed by atoms with E-state index < -0.39 is 0 Å². The zero-order chi connectivity index (χ0) is 15.1. The van der Waals surface area contributed by atoms with Gasteiger partial charge in [0.25, 0.3) is 0 Å². The highest BCUT2D eigenvalue weighted by molar-refractivity contribution is 5.82. The van der Waals surface area contributed by atoms with Crippen molar-refractivity contribution in [2.75, 3.05) is 6.54 Å². The van der Waals surface area contributed by atoms with Crippen molar-refractivity contribution in [2.24, 2.45) is 5.92 Å². The lowest BCUT2D eigenvalue weighted by molar-refractivity contribution is 0.418. The molecule has 0 aliphatic heterocycles. The van der Waals surface area contributed by atoms with Crippen LogP contribution in [0.15, 0.2) is 28.7 Å². The highest BCUT2D eigenvalue weighted by Gasteiger charge is 2.12. The van der Waals surface area contributed by atoms with Crippen LogP contribution in [0.2, 0.25) is 0 Å². The Morgan fingerprint density at radius 2 is 1.95 bits per heavy atom. The quantitative estimate of drug-likeness (QED) is 0.677. The van der Waals surface area contributed by atoms with Gasteiger partial charge in [-0.2, -0.15) is 0 Å². The summed E-state index contributed by atoms with van der Waals surface area (Å²) >= 11 is 0. The van der Waals surface area contributed by atoms with Gasteiger partial charge in [-0.25, -0.2) is 0 Å². The van der Waals surface area contributed by atoms with Crippen molar-refractivity contribution in [3.8, 4) is 0 Å². The minimum atomic E-state index is 0.799. The lowest BCUT2D eigenvalue weighted by Gasteiger charge is -2.15. The molecule has 1 aromatic heterocycles. The number of benzene rings is 1. The van der Waals surface area contributed by atoms with Gasteiger partial charge in [0.2, 0.25) is 0 Å². The molecular weight excluding hydrogens is 258 g/mol. The molecule has 0 spiro atoms. The summed E-state index contributed by atoms with van der Waals surface area (Å²) in [6.07, 6.45) is 6.20. The van der Waals surface area contributed by atoms with Crippen LogP contribution < -0.4 is 5.32 Å². The van der Waals surface area contributed by atoms with Gasteiger partial charge in [-0.05, 0) is 24.9 Å². The second-order valence-corrected chi connectivity index (χ2v) is 5.90. The molecule has 1 heterocycles. The first-order chi connectivity index (χ1) is 10.3. The summed E-state index contributed by atoms with van der Waals surface area (Å²) in [6.45, 7) is 8.76. The van der Waals surface area contributed by atoms with Crippen LogP contribution in [-0.4, -0.2) is 6.54 Å². The summed E-state index contributed by atoms with van der Waals surface area (Å²) in [5.74, 6) is 1.93. The largest absolute Gasteiger partial charge is 0.461 e. The van der Waals surface area contributed by atoms with Crippen molar-refractivity contribution >= 4 is 11.0 Å². The second kappa shape index (κ2) is 8.23. The van der Waals surface area contributed by atoms with Crippen LogP contribution in [0.25, 0.3) is 11.0 Å². The number of rotatable bonds is 9. The molecule has 2 heteroatoms. The predicted molar refractivity (Wildman–Crippen MR) is 90.6 cm³/mol. The summed E-state index contributed by atoms with van der Waals surface area (Å²) in [4.78, 5) is 0. The molecule has 116 valence electrons. The van der Waals surface area contributed by atoms with Crippen molar-refractivity contribution in [3.63, 3.8) is 0 Å². The van der Waals surface area contributed by atoms with Gasteiger partial charge in [0.05, 0.1) is 0 Å². The van der Waals surface area contributed by atoms with Gasteiger partial charge in [0.15, 0.2) is 0 Å². The van der Waals surface area contributed by atoms with E-state index in [-0.39, 0.29) is 0 Å². The average molecular weight is 287 g/mol. The predicted octanol–water partition coefficient (Wildman–Crippen LogP) is 5.30. The summed E-state index contributed by atoms with van der Waals surface area (Å²) in [6, 6.07) is 8.37. The third kappa shape index (κ3) is 4.10. The van der Waals surface area contributed by atoms with Gasteiger partial charge < -0.3 is 9.73 Å². The number of unbranched alkanes of at least 4 members (excludes halogenated alkanes) is 1. The van der Waals surface area contributed by atoms with E-state index in [1.54, 1.807) is 0 Å². The Bertz CT molecular complexity index is 543. The Morgan fingerprint density at radius 1 is 1.14 bits per heavy atom. The van der Waals surface area contributed by atoms with Crippen molar-refractivity contribution in [3.05, 3.63) is 35.6 Å². The van der Waals surface area contributed by atoms with Crippen LogP contribution in [0.1, 0.15) is 57.8 Å². The van der Waals surface area contributed by atoms with Crippen molar-refractivity contribution in [1.29, 1.82) is 0 Å². The van der Waals surface area contributed by atoms with E-state index >= 15 is 0 Å². The Hall–Kier alpha value is -1.28. The molecule has 0 saturated carbocycles. The highest BCUT2D eigenvalue weighted by atomic mass is 16.3. The molecule has 1 N–H and O–H groups in total. The van der Waals surface area contributed by atoms with Crippen LogP contribution in [0.4, 0.5) is 0 Å². The van der Waals surface area contributed by atoms with Gasteiger partial charge in [0, 0.05) is 23.9 Å². The van der Waals surface area contributed by atoms with Gasteiger partial charge in [-0.1, -0.05) is 58.2 Å². The first-order valence-electron chi connectivity index (χ1n) is 8.50. The first-order valence-corrected chi connectivity index (χ1v) is 8.50. The molecule has 21 heavy (non-hydrogen) atoms. The van der Waals surface area contributed by atoms with Crippen LogP contribution >= 0.6 is 0 Å². The van der Waals surface area contributed by atoms with Crippen molar-refractivity contribution in [1.82, 2.24) is 5.32 Å². The summed E-state index contributed by atoms with van der Waals surface area (Å²) in [5.41, 5.74) is 2.36. The molecule has 2 rings (SSSR count). The van der Waals surface area contributed by atoms with E-state index in [9.17, 15) is 0 Å². The molecule has 2 nitrogen and oxygen atoms in total. The molecule has 0 amide bonds. The molecule has 0 aliphatic carbocycles. The molecule has 0 bridgehead atoms. The summed E-state index contributed by atoms with van der Waals surface area (Å²) in [7, 11) is 0. The van der Waals surface area contributed by atoms with Gasteiger partial charge >= 0.3 is 0 Å². The van der Waals surface area contributed by atoms with E-state index in [1.165, 1.54) is 36.6 Å². The molecule has 0 radical (unpaired) electrons. The molecule has 0 saturated heterocycles. The Labute approximate surface area is 128 Å². The first kappa shape index (κ1) is 16.1. The van der Waals surface area contributed by atoms with E-state index in [2.05, 4.69) is 44.3 Å². The van der Waals surface area contributed by atoms with Gasteiger partial charge in [-0.15, -0.1) is 0 Å². The lowest BCUT2D eigenvalue weighted by Crippen LogP contribution is -2.22. The van der Waals surface area contributed by atoms with E-state index in [4.69, 9.17) is 4.42 Å².